The van der Waals surface area contributed by atoms with Gasteiger partial charge >= 0.3 is 0 Å². The summed E-state index contributed by atoms with van der Waals surface area (Å²) in [5.74, 6) is -0.190. The lowest BCUT2D eigenvalue weighted by Crippen LogP contribution is -2.50. The standard InChI is InChI=1S/C20H22FNO.BrH/c1-3-15-8-4-6-12-20(15,19-9-5-7-13-22(19)2)17-11-10-16(21)14-18(17)23;/h4-15,19,23H,3H2,1-2H3;1H. The summed E-state index contributed by atoms with van der Waals surface area (Å²) in [4.78, 5) is 2.15. The Labute approximate surface area is 153 Å². The van der Waals surface area contributed by atoms with Crippen LogP contribution >= 0.6 is 17.0 Å². The van der Waals surface area contributed by atoms with Crippen LogP contribution in [-0.2, 0) is 5.41 Å². The van der Waals surface area contributed by atoms with Crippen molar-refractivity contribution < 1.29 is 9.50 Å². The van der Waals surface area contributed by atoms with Gasteiger partial charge in [-0.1, -0.05) is 49.4 Å². The van der Waals surface area contributed by atoms with Gasteiger partial charge in [0.25, 0.3) is 0 Å². The molecule has 3 rings (SSSR count). The molecule has 0 aromatic heterocycles. The first-order valence-electron chi connectivity index (χ1n) is 8.01. The molecule has 2 aliphatic rings. The molecule has 24 heavy (non-hydrogen) atoms. The number of nitrogens with zero attached hydrogens (tertiary/aromatic N) is 1. The van der Waals surface area contributed by atoms with E-state index in [4.69, 9.17) is 0 Å². The topological polar surface area (TPSA) is 23.5 Å². The number of likely N-dealkylation sites (N-methyl/N-ethyl adjacent to an activating group) is 1. The number of phenols is 1. The predicted octanol–water partition coefficient (Wildman–Crippen LogP) is 4.88. The third-order valence-electron chi connectivity index (χ3n) is 4.96. The highest BCUT2D eigenvalue weighted by Crippen LogP contribution is 2.47. The van der Waals surface area contributed by atoms with Gasteiger partial charge < -0.3 is 10.0 Å². The Kier molecular flexibility index (Phi) is 5.70. The average molecular weight is 392 g/mol. The number of halogens is 2. The van der Waals surface area contributed by atoms with Gasteiger partial charge in [-0.3, -0.25) is 0 Å². The number of hydrogen-bond acceptors (Lipinski definition) is 2. The summed E-state index contributed by atoms with van der Waals surface area (Å²) in [6.45, 7) is 2.14. The van der Waals surface area contributed by atoms with E-state index in [0.29, 0.717) is 0 Å². The Morgan fingerprint density at radius 3 is 2.58 bits per heavy atom. The van der Waals surface area contributed by atoms with E-state index in [1.54, 1.807) is 6.07 Å². The molecule has 0 fully saturated rings. The number of benzene rings is 1. The van der Waals surface area contributed by atoms with Crippen LogP contribution in [0.1, 0.15) is 18.9 Å². The zero-order valence-electron chi connectivity index (χ0n) is 13.9. The van der Waals surface area contributed by atoms with Crippen molar-refractivity contribution in [3.63, 3.8) is 0 Å². The van der Waals surface area contributed by atoms with Crippen LogP contribution in [0, 0.1) is 11.7 Å². The fourth-order valence-electron chi connectivity index (χ4n) is 3.89. The Balaban J connectivity index is 0.00000208. The SMILES string of the molecule is Br.CCC1C=CC=CC1(c1ccc(F)cc1O)C1C=CC=CN1C. The summed E-state index contributed by atoms with van der Waals surface area (Å²) in [6.07, 6.45) is 17.6. The molecule has 0 saturated heterocycles. The summed E-state index contributed by atoms with van der Waals surface area (Å²) in [6, 6.07) is 4.41. The van der Waals surface area contributed by atoms with Crippen LogP contribution in [0.5, 0.6) is 5.75 Å². The zero-order chi connectivity index (χ0) is 16.4. The van der Waals surface area contributed by atoms with Crippen LogP contribution in [0.3, 0.4) is 0 Å². The third kappa shape index (κ3) is 2.95. The highest BCUT2D eigenvalue weighted by Gasteiger charge is 2.46. The average Bonchev–Trinajstić information content (AvgIpc) is 2.55. The Morgan fingerprint density at radius 1 is 1.17 bits per heavy atom. The van der Waals surface area contributed by atoms with Gasteiger partial charge in [0.15, 0.2) is 0 Å². The predicted molar refractivity (Wildman–Crippen MR) is 102 cm³/mol. The fraction of sp³-hybridized carbons (Fsp3) is 0.300. The molecule has 3 atom stereocenters. The normalized spacial score (nSPS) is 28.0. The monoisotopic (exact) mass is 391 g/mol. The molecule has 2 nitrogen and oxygen atoms in total. The maximum Gasteiger partial charge on any atom is 0.126 e. The van der Waals surface area contributed by atoms with Crippen molar-refractivity contribution in [3.05, 3.63) is 78.3 Å². The number of aromatic hydroxyl groups is 1. The molecule has 0 radical (unpaired) electrons. The molecule has 1 aromatic rings. The molecule has 3 unspecified atom stereocenters. The van der Waals surface area contributed by atoms with E-state index in [2.05, 4.69) is 36.1 Å². The van der Waals surface area contributed by atoms with E-state index in [9.17, 15) is 9.50 Å². The summed E-state index contributed by atoms with van der Waals surface area (Å²) in [5.41, 5.74) is 0.334. The van der Waals surface area contributed by atoms with Gasteiger partial charge in [0.2, 0.25) is 0 Å². The highest BCUT2D eigenvalue weighted by molar-refractivity contribution is 8.93. The maximum absolute atomic E-state index is 13.5. The minimum absolute atomic E-state index is 0. The second-order valence-electron chi connectivity index (χ2n) is 6.19. The third-order valence-corrected chi connectivity index (χ3v) is 4.96. The largest absolute Gasteiger partial charge is 0.508 e. The molecule has 0 amide bonds. The van der Waals surface area contributed by atoms with Crippen molar-refractivity contribution in [3.8, 4) is 5.75 Å². The lowest BCUT2D eigenvalue weighted by atomic mass is 9.61. The van der Waals surface area contributed by atoms with Gasteiger partial charge in [0.05, 0.1) is 6.04 Å². The van der Waals surface area contributed by atoms with E-state index < -0.39 is 11.2 Å². The van der Waals surface area contributed by atoms with E-state index in [1.165, 1.54) is 12.1 Å². The van der Waals surface area contributed by atoms with Crippen molar-refractivity contribution >= 4 is 17.0 Å². The van der Waals surface area contributed by atoms with Crippen molar-refractivity contribution in [2.24, 2.45) is 5.92 Å². The van der Waals surface area contributed by atoms with Gasteiger partial charge in [-0.05, 0) is 30.7 Å². The van der Waals surface area contributed by atoms with Gasteiger partial charge in [-0.2, -0.15) is 0 Å². The molecule has 1 N–H and O–H groups in total. The minimum atomic E-state index is -0.433. The summed E-state index contributed by atoms with van der Waals surface area (Å²) in [5, 5.41) is 10.5. The molecule has 0 saturated carbocycles. The molecular formula is C20H23BrFNO. The first-order valence-corrected chi connectivity index (χ1v) is 8.01. The highest BCUT2D eigenvalue weighted by atomic mass is 79.9. The Bertz CT molecular complexity index is 710. The van der Waals surface area contributed by atoms with Crippen LogP contribution in [0.15, 0.2) is 66.9 Å². The van der Waals surface area contributed by atoms with Crippen LogP contribution in [-0.4, -0.2) is 23.1 Å². The smallest absolute Gasteiger partial charge is 0.126 e. The Hall–Kier alpha value is -1.81. The number of hydrogen-bond donors (Lipinski definition) is 1. The van der Waals surface area contributed by atoms with E-state index >= 15 is 0 Å². The Morgan fingerprint density at radius 2 is 1.92 bits per heavy atom. The first kappa shape index (κ1) is 18.5. The van der Waals surface area contributed by atoms with E-state index in [1.807, 2.05) is 31.5 Å². The number of rotatable bonds is 3. The second kappa shape index (κ2) is 7.39. The molecule has 1 aliphatic heterocycles. The summed E-state index contributed by atoms with van der Waals surface area (Å²) >= 11 is 0. The molecular weight excluding hydrogens is 369 g/mol. The molecule has 1 heterocycles. The second-order valence-corrected chi connectivity index (χ2v) is 6.19. The zero-order valence-corrected chi connectivity index (χ0v) is 15.6. The molecule has 0 spiro atoms. The van der Waals surface area contributed by atoms with Crippen molar-refractivity contribution in [2.75, 3.05) is 7.05 Å². The van der Waals surface area contributed by atoms with Crippen LogP contribution in [0.2, 0.25) is 0 Å². The van der Waals surface area contributed by atoms with E-state index in [-0.39, 0.29) is 34.7 Å². The lowest BCUT2D eigenvalue weighted by molar-refractivity contribution is 0.217. The fourth-order valence-corrected chi connectivity index (χ4v) is 3.89. The van der Waals surface area contributed by atoms with Crippen LogP contribution in [0.4, 0.5) is 4.39 Å². The maximum atomic E-state index is 13.5. The van der Waals surface area contributed by atoms with Gasteiger partial charge in [-0.25, -0.2) is 4.39 Å². The quantitative estimate of drug-likeness (QED) is 0.793. The van der Waals surface area contributed by atoms with Gasteiger partial charge in [0, 0.05) is 24.1 Å². The first-order chi connectivity index (χ1) is 11.1. The van der Waals surface area contributed by atoms with Crippen molar-refractivity contribution in [2.45, 2.75) is 24.8 Å². The molecule has 128 valence electrons. The molecule has 4 heteroatoms. The number of allylic oxidation sites excluding steroid dienone is 5. The number of phenolic OH excluding ortho intramolecular Hbond substituents is 1. The van der Waals surface area contributed by atoms with E-state index in [0.717, 1.165) is 12.0 Å². The molecule has 1 aliphatic carbocycles. The van der Waals surface area contributed by atoms with Crippen LogP contribution < -0.4 is 0 Å². The van der Waals surface area contributed by atoms with Crippen molar-refractivity contribution in [1.29, 1.82) is 0 Å². The van der Waals surface area contributed by atoms with Crippen molar-refractivity contribution in [1.82, 2.24) is 4.90 Å². The van der Waals surface area contributed by atoms with Crippen LogP contribution in [0.25, 0.3) is 0 Å². The lowest BCUT2D eigenvalue weighted by Gasteiger charge is -2.48. The molecule has 0 bridgehead atoms. The van der Waals surface area contributed by atoms with Gasteiger partial charge in [0.1, 0.15) is 11.6 Å². The summed E-state index contributed by atoms with van der Waals surface area (Å²) < 4.78 is 13.5. The molecule has 1 aromatic carbocycles. The van der Waals surface area contributed by atoms with Gasteiger partial charge in [-0.15, -0.1) is 17.0 Å². The minimum Gasteiger partial charge on any atom is -0.508 e. The summed E-state index contributed by atoms with van der Waals surface area (Å²) in [7, 11) is 2.03.